The first-order valence-corrected chi connectivity index (χ1v) is 34.9. The molecule has 3 aromatic rings. The zero-order valence-corrected chi connectivity index (χ0v) is 59.8. The SMILES string of the molecule is CC(=O)NCCN(CCC(=O)NCCN(CCC(=O)NCCN(CCC(=O)NCCN(CCC(=O)NCCN(CCC(=O)NCCC(N)=O)C(=O)[C@@H](N)Cc1ccccc1)C(=O)[C@@H](N)CCCN=C(N)N)C(=O)[C@@H](N)Cc1ccccc1)C(=O)[C@@H](N)Cc1ccccc1)C(=O)[C@@H](N)CCCN=C(N)N. The van der Waals surface area contributed by atoms with Gasteiger partial charge in [-0.3, -0.25) is 67.5 Å². The maximum absolute atomic E-state index is 14.1. The molecule has 3 aromatic carbocycles. The van der Waals surface area contributed by atoms with Gasteiger partial charge in [0, 0.05) is 163 Å². The van der Waals surface area contributed by atoms with E-state index < -0.39 is 95.2 Å². The van der Waals surface area contributed by atoms with Gasteiger partial charge >= 0.3 is 0 Å². The van der Waals surface area contributed by atoms with Crippen molar-refractivity contribution < 1.29 is 57.5 Å². The summed E-state index contributed by atoms with van der Waals surface area (Å²) in [6.45, 7) is 0.930. The number of rotatable bonds is 52. The third kappa shape index (κ3) is 38.1. The van der Waals surface area contributed by atoms with Crippen LogP contribution in [0.3, 0.4) is 0 Å². The third-order valence-electron chi connectivity index (χ3n) is 16.3. The Labute approximate surface area is 607 Å². The summed E-state index contributed by atoms with van der Waals surface area (Å²) in [6.07, 6.45) is 0.705. The molecular formula is C69H111N23O12. The summed E-state index contributed by atoms with van der Waals surface area (Å²) >= 11 is 0. The number of primary amides is 1. The molecule has 574 valence electrons. The van der Waals surface area contributed by atoms with Crippen LogP contribution in [-0.2, 0) is 76.8 Å². The Morgan fingerprint density at radius 3 is 0.808 bits per heavy atom. The molecule has 26 N–H and O–H groups in total. The van der Waals surface area contributed by atoms with Gasteiger partial charge in [0.05, 0.1) is 30.2 Å². The van der Waals surface area contributed by atoms with E-state index in [9.17, 15) is 57.5 Å². The number of guanidine groups is 2. The summed E-state index contributed by atoms with van der Waals surface area (Å²) in [6, 6.07) is 22.2. The van der Waals surface area contributed by atoms with Crippen molar-refractivity contribution in [3.8, 4) is 0 Å². The van der Waals surface area contributed by atoms with Crippen molar-refractivity contribution in [2.45, 2.75) is 121 Å². The molecule has 0 aliphatic heterocycles. The molecule has 5 atom stereocenters. The quantitative estimate of drug-likeness (QED) is 0.0142. The van der Waals surface area contributed by atoms with E-state index >= 15 is 0 Å². The highest BCUT2D eigenvalue weighted by Gasteiger charge is 2.28. The Kier molecular flexibility index (Phi) is 42.3. The maximum atomic E-state index is 14.1. The molecule has 0 aliphatic carbocycles. The molecule has 0 spiro atoms. The number of nitrogens with two attached hydrogens (primary N) is 10. The van der Waals surface area contributed by atoms with E-state index in [0.717, 1.165) is 16.7 Å². The van der Waals surface area contributed by atoms with Crippen LogP contribution in [0, 0.1) is 0 Å². The van der Waals surface area contributed by atoms with Gasteiger partial charge in [-0.15, -0.1) is 0 Å². The van der Waals surface area contributed by atoms with E-state index in [0.29, 0.717) is 12.8 Å². The van der Waals surface area contributed by atoms with E-state index in [1.165, 1.54) is 31.4 Å². The number of aliphatic imine (C=N–C) groups is 2. The van der Waals surface area contributed by atoms with Crippen LogP contribution in [0.25, 0.3) is 0 Å². The van der Waals surface area contributed by atoms with Gasteiger partial charge in [0.25, 0.3) is 0 Å². The number of hydrogen-bond acceptors (Lipinski definition) is 19. The average Bonchev–Trinajstić information content (AvgIpc) is 0.900. The van der Waals surface area contributed by atoms with Gasteiger partial charge in [0.1, 0.15) is 0 Å². The highest BCUT2D eigenvalue weighted by Crippen LogP contribution is 2.11. The summed E-state index contributed by atoms with van der Waals surface area (Å²) in [5, 5.41) is 16.3. The van der Waals surface area contributed by atoms with Crippen LogP contribution in [0.4, 0.5) is 0 Å². The molecular weight excluding hydrogens is 1340 g/mol. The fraction of sp³-hybridized carbons (Fsp3) is 0.536. The Bertz CT molecular complexity index is 3240. The summed E-state index contributed by atoms with van der Waals surface area (Å²) < 4.78 is 0. The second kappa shape index (κ2) is 50.1. The van der Waals surface area contributed by atoms with E-state index in [1.807, 2.05) is 78.9 Å². The standard InChI is InChI=1S/C69H111N23O12/c1-48(93)80-30-40-88(63(100)52(70)19-11-27-86-68(76)77)35-23-59(96)83-33-43-92(67(104)56(74)47-51-17-9-4-10-18-51)39-26-62(99)85-34-44-91(66(103)55(73)46-50-15-7-3-8-16-50)38-25-61(98)82-31-41-89(64(101)53(71)20-12-28-87-69(78)79)36-24-60(97)84-32-42-90(37-22-58(95)81-29-21-57(75)94)65(102)54(72)45-49-13-5-2-6-14-49/h2-10,13-18,52-56H,11-12,19-47,70-74H2,1H3,(H2,75,94)(H,80,93)(H,81,95)(H,82,98)(H,83,96)(H,84,97)(H,85,99)(H4,76,77,86)(H4,78,79,87)/t52-,53-,54-,55-,56-/m0/s1. The highest BCUT2D eigenvalue weighted by atomic mass is 16.2. The fourth-order valence-corrected chi connectivity index (χ4v) is 10.6. The van der Waals surface area contributed by atoms with Crippen molar-refractivity contribution in [2.24, 2.45) is 67.3 Å². The maximum Gasteiger partial charge on any atom is 0.239 e. The first-order chi connectivity index (χ1) is 49.6. The molecule has 104 heavy (non-hydrogen) atoms. The van der Waals surface area contributed by atoms with Crippen LogP contribution >= 0.6 is 0 Å². The topological polar surface area (TPSA) is 578 Å². The third-order valence-corrected chi connectivity index (χ3v) is 16.3. The second-order valence-corrected chi connectivity index (χ2v) is 24.8. The molecule has 3 rings (SSSR count). The molecule has 0 radical (unpaired) electrons. The van der Waals surface area contributed by atoms with Crippen molar-refractivity contribution in [1.82, 2.24) is 56.4 Å². The van der Waals surface area contributed by atoms with Gasteiger partial charge in [-0.25, -0.2) is 0 Å². The van der Waals surface area contributed by atoms with Crippen molar-refractivity contribution in [3.63, 3.8) is 0 Å². The molecule has 0 bridgehead atoms. The van der Waals surface area contributed by atoms with Gasteiger partial charge < -0.3 is 114 Å². The molecule has 0 aromatic heterocycles. The first kappa shape index (κ1) is 87.9. The van der Waals surface area contributed by atoms with Crippen LogP contribution < -0.4 is 89.2 Å². The molecule has 12 amide bonds. The molecule has 35 nitrogen and oxygen atoms in total. The normalized spacial score (nSPS) is 12.2. The second-order valence-electron chi connectivity index (χ2n) is 24.8. The molecule has 0 unspecified atom stereocenters. The van der Waals surface area contributed by atoms with Crippen LogP contribution in [0.15, 0.2) is 101 Å². The van der Waals surface area contributed by atoms with Gasteiger partial charge in [-0.1, -0.05) is 91.0 Å². The lowest BCUT2D eigenvalue weighted by molar-refractivity contribution is -0.135. The minimum absolute atomic E-state index is 0.0170. The number of carbonyl (C=O) groups excluding carboxylic acids is 12. The Morgan fingerprint density at radius 2 is 0.567 bits per heavy atom. The zero-order valence-electron chi connectivity index (χ0n) is 59.8. The van der Waals surface area contributed by atoms with Crippen molar-refractivity contribution >= 4 is 82.8 Å². The number of amides is 12. The molecule has 0 heterocycles. The number of hydrogen-bond donors (Lipinski definition) is 16. The number of nitrogens with zero attached hydrogens (tertiary/aromatic N) is 7. The lowest BCUT2D eigenvalue weighted by Gasteiger charge is -2.27. The van der Waals surface area contributed by atoms with Gasteiger partial charge in [0.15, 0.2) is 11.9 Å². The summed E-state index contributed by atoms with van der Waals surface area (Å²) in [5.41, 5.74) is 61.2. The average molecular weight is 1450 g/mol. The van der Waals surface area contributed by atoms with E-state index in [4.69, 9.17) is 57.3 Å². The minimum Gasteiger partial charge on any atom is -0.370 e. The summed E-state index contributed by atoms with van der Waals surface area (Å²) in [7, 11) is 0. The molecule has 0 saturated carbocycles. The lowest BCUT2D eigenvalue weighted by Crippen LogP contribution is -2.50. The predicted molar refractivity (Wildman–Crippen MR) is 394 cm³/mol. The van der Waals surface area contributed by atoms with Gasteiger partial charge in [-0.05, 0) is 61.6 Å². The largest absolute Gasteiger partial charge is 0.370 e. The molecule has 0 aliphatic rings. The zero-order chi connectivity index (χ0) is 76.8. The fourth-order valence-electron chi connectivity index (χ4n) is 10.6. The Balaban J connectivity index is 1.70. The van der Waals surface area contributed by atoms with E-state index in [1.54, 1.807) is 12.1 Å². The van der Waals surface area contributed by atoms with Gasteiger partial charge in [0.2, 0.25) is 70.9 Å². The van der Waals surface area contributed by atoms with Crippen LogP contribution in [0.1, 0.15) is 87.8 Å². The minimum atomic E-state index is -1.05. The van der Waals surface area contributed by atoms with Crippen LogP contribution in [0.2, 0.25) is 0 Å². The number of benzene rings is 3. The molecule has 0 saturated heterocycles. The van der Waals surface area contributed by atoms with Crippen LogP contribution in [-0.4, -0.2) is 255 Å². The summed E-state index contributed by atoms with van der Waals surface area (Å²) in [5.74, 6) is -5.99. The molecule has 0 fully saturated rings. The monoisotopic (exact) mass is 1450 g/mol. The Morgan fingerprint density at radius 1 is 0.327 bits per heavy atom. The number of carbonyl (C=O) groups is 12. The van der Waals surface area contributed by atoms with Crippen molar-refractivity contribution in [1.29, 1.82) is 0 Å². The number of nitrogens with one attached hydrogen (secondary N) is 6. The predicted octanol–water partition coefficient (Wildman–Crippen LogP) is -5.86. The first-order valence-electron chi connectivity index (χ1n) is 34.9. The highest BCUT2D eigenvalue weighted by molar-refractivity contribution is 5.87. The summed E-state index contributed by atoms with van der Waals surface area (Å²) in [4.78, 5) is 173. The van der Waals surface area contributed by atoms with E-state index in [2.05, 4.69) is 41.9 Å². The molecule has 35 heteroatoms. The Hall–Kier alpha value is -10.4. The van der Waals surface area contributed by atoms with Crippen molar-refractivity contribution in [3.05, 3.63) is 108 Å². The van der Waals surface area contributed by atoms with E-state index in [-0.39, 0.29) is 206 Å². The van der Waals surface area contributed by atoms with Crippen molar-refractivity contribution in [2.75, 3.05) is 118 Å². The lowest BCUT2D eigenvalue weighted by atomic mass is 10.1. The van der Waals surface area contributed by atoms with Gasteiger partial charge in [-0.2, -0.15) is 0 Å². The van der Waals surface area contributed by atoms with Crippen LogP contribution in [0.5, 0.6) is 0 Å². The smallest absolute Gasteiger partial charge is 0.239 e.